The maximum atomic E-state index is 12.5. The van der Waals surface area contributed by atoms with Gasteiger partial charge in [-0.3, -0.25) is 9.48 Å². The van der Waals surface area contributed by atoms with Gasteiger partial charge in [-0.05, 0) is 18.6 Å². The van der Waals surface area contributed by atoms with Crippen LogP contribution in [0.15, 0.2) is 33.8 Å². The van der Waals surface area contributed by atoms with Crippen molar-refractivity contribution in [2.24, 2.45) is 7.05 Å². The lowest BCUT2D eigenvalue weighted by atomic mass is 10.2. The molecule has 126 valence electrons. The van der Waals surface area contributed by atoms with Crippen molar-refractivity contribution in [1.82, 2.24) is 24.5 Å². The summed E-state index contributed by atoms with van der Waals surface area (Å²) in [5, 5.41) is 7.50. The summed E-state index contributed by atoms with van der Waals surface area (Å²) in [5.74, 6) is -1.74. The lowest BCUT2D eigenvalue weighted by Crippen LogP contribution is -2.20. The summed E-state index contributed by atoms with van der Waals surface area (Å²) in [6, 6.07) is 2.61. The highest BCUT2D eigenvalue weighted by Crippen LogP contribution is 2.29. The van der Waals surface area contributed by atoms with Crippen molar-refractivity contribution in [3.05, 3.63) is 52.0 Å². The highest BCUT2D eigenvalue weighted by atomic mass is 19.4. The van der Waals surface area contributed by atoms with Gasteiger partial charge < -0.3 is 9.09 Å². The van der Waals surface area contributed by atoms with Crippen molar-refractivity contribution < 1.29 is 17.7 Å². The quantitative estimate of drug-likeness (QED) is 0.729. The number of aryl methyl sites for hydroxylation is 2. The van der Waals surface area contributed by atoms with Gasteiger partial charge in [-0.25, -0.2) is 0 Å². The number of hydrogen-bond donors (Lipinski definition) is 0. The van der Waals surface area contributed by atoms with Gasteiger partial charge in [-0.15, -0.1) is 0 Å². The fourth-order valence-corrected chi connectivity index (χ4v) is 2.20. The van der Waals surface area contributed by atoms with E-state index in [1.165, 1.54) is 16.8 Å². The maximum Gasteiger partial charge on any atom is 0.471 e. The second-order valence-electron chi connectivity index (χ2n) is 5.23. The van der Waals surface area contributed by atoms with E-state index in [0.717, 1.165) is 17.3 Å². The molecule has 3 rings (SSSR count). The molecule has 0 spiro atoms. The van der Waals surface area contributed by atoms with Gasteiger partial charge in [-0.2, -0.15) is 23.3 Å². The van der Waals surface area contributed by atoms with Gasteiger partial charge in [0.15, 0.2) is 0 Å². The van der Waals surface area contributed by atoms with Crippen molar-refractivity contribution in [2.75, 3.05) is 0 Å². The fourth-order valence-electron chi connectivity index (χ4n) is 2.20. The smallest absolute Gasteiger partial charge is 0.329 e. The van der Waals surface area contributed by atoms with Crippen LogP contribution in [0.2, 0.25) is 0 Å². The second-order valence-corrected chi connectivity index (χ2v) is 5.23. The molecule has 0 atom stereocenters. The molecule has 0 amide bonds. The number of halogens is 3. The highest BCUT2D eigenvalue weighted by Gasteiger charge is 2.38. The van der Waals surface area contributed by atoms with E-state index in [1.807, 2.05) is 13.1 Å². The van der Waals surface area contributed by atoms with E-state index >= 15 is 0 Å². The van der Waals surface area contributed by atoms with E-state index in [2.05, 4.69) is 19.8 Å². The standard InChI is InChI=1S/C14H12F3N5O2/c1-8-6-21(2)19-10(8)7-22-4-3-9(5-11(22)23)12-18-13(24-20-12)14(15,16)17/h3-6H,7H2,1-2H3. The Labute approximate surface area is 133 Å². The van der Waals surface area contributed by atoms with Crippen LogP contribution in [0, 0.1) is 6.92 Å². The van der Waals surface area contributed by atoms with Gasteiger partial charge >= 0.3 is 12.1 Å². The van der Waals surface area contributed by atoms with Gasteiger partial charge in [0.05, 0.1) is 12.2 Å². The molecule has 3 heterocycles. The predicted octanol–water partition coefficient (Wildman–Crippen LogP) is 2.01. The van der Waals surface area contributed by atoms with Gasteiger partial charge in [0.1, 0.15) is 0 Å². The van der Waals surface area contributed by atoms with Crippen LogP contribution < -0.4 is 5.56 Å². The molecule has 7 nitrogen and oxygen atoms in total. The normalized spacial score (nSPS) is 11.9. The summed E-state index contributed by atoms with van der Waals surface area (Å²) in [7, 11) is 1.77. The van der Waals surface area contributed by atoms with Crippen molar-refractivity contribution in [2.45, 2.75) is 19.6 Å². The Kier molecular flexibility index (Phi) is 3.74. The van der Waals surface area contributed by atoms with Crippen LogP contribution in [-0.4, -0.2) is 24.5 Å². The summed E-state index contributed by atoms with van der Waals surface area (Å²) in [6.07, 6.45) is -1.45. The average molecular weight is 339 g/mol. The molecule has 0 unspecified atom stereocenters. The first-order valence-corrected chi connectivity index (χ1v) is 6.85. The van der Waals surface area contributed by atoms with E-state index in [-0.39, 0.29) is 17.9 Å². The van der Waals surface area contributed by atoms with Crippen LogP contribution in [0.25, 0.3) is 11.4 Å². The van der Waals surface area contributed by atoms with Crippen molar-refractivity contribution in [3.8, 4) is 11.4 Å². The summed E-state index contributed by atoms with van der Waals surface area (Å²) >= 11 is 0. The minimum absolute atomic E-state index is 0.147. The predicted molar refractivity (Wildman–Crippen MR) is 76.0 cm³/mol. The Morgan fingerprint density at radius 1 is 1.33 bits per heavy atom. The molecule has 24 heavy (non-hydrogen) atoms. The van der Waals surface area contributed by atoms with Gasteiger partial charge in [-0.1, -0.05) is 5.16 Å². The molecule has 10 heteroatoms. The number of rotatable bonds is 3. The molecule has 0 saturated heterocycles. The SMILES string of the molecule is Cc1cn(C)nc1Cn1ccc(-c2noc(C(F)(F)F)n2)cc1=O. The van der Waals surface area contributed by atoms with Crippen LogP contribution in [0.4, 0.5) is 13.2 Å². The molecule has 0 aliphatic rings. The Hall–Kier alpha value is -2.91. The van der Waals surface area contributed by atoms with Crippen molar-refractivity contribution in [3.63, 3.8) is 0 Å². The van der Waals surface area contributed by atoms with Crippen LogP contribution in [-0.2, 0) is 19.8 Å². The van der Waals surface area contributed by atoms with Gasteiger partial charge in [0.25, 0.3) is 5.56 Å². The van der Waals surface area contributed by atoms with E-state index in [9.17, 15) is 18.0 Å². The number of hydrogen-bond acceptors (Lipinski definition) is 5. The number of aromatic nitrogens is 5. The molecule has 0 N–H and O–H groups in total. The number of nitrogens with zero attached hydrogens (tertiary/aromatic N) is 5. The topological polar surface area (TPSA) is 78.7 Å². The third kappa shape index (κ3) is 3.07. The molecule has 0 radical (unpaired) electrons. The van der Waals surface area contributed by atoms with Crippen LogP contribution in [0.3, 0.4) is 0 Å². The number of alkyl halides is 3. The van der Waals surface area contributed by atoms with Crippen LogP contribution >= 0.6 is 0 Å². The molecule has 3 aromatic rings. The molecule has 0 bridgehead atoms. The highest BCUT2D eigenvalue weighted by molar-refractivity contribution is 5.52. The molecular weight excluding hydrogens is 327 g/mol. The Morgan fingerprint density at radius 3 is 2.62 bits per heavy atom. The molecule has 0 aromatic carbocycles. The average Bonchev–Trinajstić information content (AvgIpc) is 3.08. The van der Waals surface area contributed by atoms with Gasteiger partial charge in [0, 0.05) is 31.1 Å². The van der Waals surface area contributed by atoms with Gasteiger partial charge in [0.2, 0.25) is 5.82 Å². The van der Waals surface area contributed by atoms with E-state index < -0.39 is 17.6 Å². The first kappa shape index (κ1) is 16.0. The molecule has 0 saturated carbocycles. The first-order chi connectivity index (χ1) is 11.2. The zero-order valence-corrected chi connectivity index (χ0v) is 12.7. The minimum atomic E-state index is -4.73. The first-order valence-electron chi connectivity index (χ1n) is 6.85. The van der Waals surface area contributed by atoms with E-state index in [1.54, 1.807) is 11.7 Å². The lowest BCUT2D eigenvalue weighted by Gasteiger charge is -2.04. The molecular formula is C14H12F3N5O2. The summed E-state index contributed by atoms with van der Waals surface area (Å²) in [6.45, 7) is 2.13. The van der Waals surface area contributed by atoms with E-state index in [4.69, 9.17) is 0 Å². The van der Waals surface area contributed by atoms with E-state index in [0.29, 0.717) is 0 Å². The number of pyridine rings is 1. The summed E-state index contributed by atoms with van der Waals surface area (Å²) in [4.78, 5) is 15.4. The molecule has 3 aromatic heterocycles. The van der Waals surface area contributed by atoms with Crippen molar-refractivity contribution in [1.29, 1.82) is 0 Å². The molecule has 0 aliphatic heterocycles. The Morgan fingerprint density at radius 2 is 2.08 bits per heavy atom. The van der Waals surface area contributed by atoms with Crippen LogP contribution in [0.5, 0.6) is 0 Å². The lowest BCUT2D eigenvalue weighted by molar-refractivity contribution is -0.159. The maximum absolute atomic E-state index is 12.5. The second kappa shape index (κ2) is 5.62. The van der Waals surface area contributed by atoms with Crippen LogP contribution in [0.1, 0.15) is 17.1 Å². The monoisotopic (exact) mass is 339 g/mol. The Balaban J connectivity index is 1.89. The zero-order chi connectivity index (χ0) is 17.5. The summed E-state index contributed by atoms with van der Waals surface area (Å²) < 4.78 is 44.6. The zero-order valence-electron chi connectivity index (χ0n) is 12.7. The molecule has 0 aliphatic carbocycles. The largest absolute Gasteiger partial charge is 0.471 e. The minimum Gasteiger partial charge on any atom is -0.329 e. The third-order valence-corrected chi connectivity index (χ3v) is 3.36. The summed E-state index contributed by atoms with van der Waals surface area (Å²) in [5.41, 5.74) is 1.40. The molecule has 0 fully saturated rings. The third-order valence-electron chi connectivity index (χ3n) is 3.36. The fraction of sp³-hybridized carbons (Fsp3) is 0.286. The Bertz CT molecular complexity index is 939. The van der Waals surface area contributed by atoms with Crippen molar-refractivity contribution >= 4 is 0 Å².